The van der Waals surface area contributed by atoms with Crippen LogP contribution in [0.25, 0.3) is 11.4 Å². The molecule has 0 spiro atoms. The van der Waals surface area contributed by atoms with Gasteiger partial charge in [-0.2, -0.15) is 18.3 Å². The SMILES string of the molecule is CNc1nc(-c2cccc(C(F)(F)F)c2)nc(Nc2cc(C)[nH]n2)c1CCN(C)C. The molecule has 3 aromatic rings. The lowest BCUT2D eigenvalue weighted by Gasteiger charge is -2.17. The number of rotatable bonds is 7. The van der Waals surface area contributed by atoms with Crippen molar-refractivity contribution in [2.45, 2.75) is 19.5 Å². The van der Waals surface area contributed by atoms with Gasteiger partial charge in [0.1, 0.15) is 11.6 Å². The minimum atomic E-state index is -4.44. The second-order valence-electron chi connectivity index (χ2n) is 7.17. The number of aromatic amines is 1. The topological polar surface area (TPSA) is 81.8 Å². The Morgan fingerprint density at radius 3 is 2.43 bits per heavy atom. The molecule has 1 aromatic carbocycles. The largest absolute Gasteiger partial charge is 0.416 e. The van der Waals surface area contributed by atoms with Crippen LogP contribution < -0.4 is 10.6 Å². The minimum Gasteiger partial charge on any atom is -0.373 e. The Labute approximate surface area is 172 Å². The van der Waals surface area contributed by atoms with E-state index in [9.17, 15) is 13.2 Å². The van der Waals surface area contributed by atoms with Gasteiger partial charge in [0.15, 0.2) is 11.6 Å². The van der Waals surface area contributed by atoms with E-state index < -0.39 is 11.7 Å². The zero-order valence-electron chi connectivity index (χ0n) is 17.2. The molecule has 3 N–H and O–H groups in total. The van der Waals surface area contributed by atoms with Gasteiger partial charge >= 0.3 is 6.18 Å². The highest BCUT2D eigenvalue weighted by molar-refractivity contribution is 5.69. The number of benzene rings is 1. The summed E-state index contributed by atoms with van der Waals surface area (Å²) in [6.07, 6.45) is -3.81. The van der Waals surface area contributed by atoms with E-state index in [-0.39, 0.29) is 11.4 Å². The fourth-order valence-electron chi connectivity index (χ4n) is 2.93. The van der Waals surface area contributed by atoms with Crippen molar-refractivity contribution >= 4 is 17.5 Å². The van der Waals surface area contributed by atoms with Gasteiger partial charge in [0.2, 0.25) is 0 Å². The van der Waals surface area contributed by atoms with E-state index in [1.807, 2.05) is 32.0 Å². The van der Waals surface area contributed by atoms with Gasteiger partial charge in [-0.15, -0.1) is 0 Å². The smallest absolute Gasteiger partial charge is 0.373 e. The van der Waals surface area contributed by atoms with Crippen LogP contribution in [0.2, 0.25) is 0 Å². The zero-order chi connectivity index (χ0) is 21.9. The summed E-state index contributed by atoms with van der Waals surface area (Å²) < 4.78 is 39.5. The highest BCUT2D eigenvalue weighted by Crippen LogP contribution is 2.33. The van der Waals surface area contributed by atoms with Crippen molar-refractivity contribution in [3.63, 3.8) is 0 Å². The van der Waals surface area contributed by atoms with Crippen molar-refractivity contribution in [3.05, 3.63) is 47.2 Å². The number of H-pyrrole nitrogens is 1. The average Bonchev–Trinajstić information content (AvgIpc) is 3.10. The Bertz CT molecular complexity index is 1010. The van der Waals surface area contributed by atoms with Gasteiger partial charge in [0.05, 0.1) is 5.56 Å². The van der Waals surface area contributed by atoms with Crippen molar-refractivity contribution in [3.8, 4) is 11.4 Å². The predicted octanol–water partition coefficient (Wildman–Crippen LogP) is 4.08. The molecule has 0 saturated carbocycles. The van der Waals surface area contributed by atoms with E-state index in [0.29, 0.717) is 23.9 Å². The van der Waals surface area contributed by atoms with Gasteiger partial charge in [-0.05, 0) is 39.6 Å². The predicted molar refractivity (Wildman–Crippen MR) is 111 cm³/mol. The molecule has 0 unspecified atom stereocenters. The zero-order valence-corrected chi connectivity index (χ0v) is 17.2. The molecule has 0 atom stereocenters. The summed E-state index contributed by atoms with van der Waals surface area (Å²) in [5.74, 6) is 1.80. The van der Waals surface area contributed by atoms with Gasteiger partial charge < -0.3 is 15.5 Å². The molecule has 10 heteroatoms. The molecular weight excluding hydrogens is 395 g/mol. The van der Waals surface area contributed by atoms with Crippen LogP contribution in [0.4, 0.5) is 30.6 Å². The van der Waals surface area contributed by atoms with Gasteiger partial charge in [-0.25, -0.2) is 9.97 Å². The molecule has 0 aliphatic carbocycles. The van der Waals surface area contributed by atoms with Gasteiger partial charge in [-0.3, -0.25) is 5.10 Å². The van der Waals surface area contributed by atoms with Gasteiger partial charge in [-0.1, -0.05) is 12.1 Å². The molecule has 0 aliphatic rings. The van der Waals surface area contributed by atoms with Crippen molar-refractivity contribution in [1.82, 2.24) is 25.1 Å². The summed E-state index contributed by atoms with van der Waals surface area (Å²) in [5.41, 5.74) is 1.22. The van der Waals surface area contributed by atoms with Crippen molar-refractivity contribution in [2.75, 3.05) is 38.3 Å². The average molecular weight is 419 g/mol. The van der Waals surface area contributed by atoms with Crippen LogP contribution in [0.15, 0.2) is 30.3 Å². The number of halogens is 3. The van der Waals surface area contributed by atoms with Crippen molar-refractivity contribution < 1.29 is 13.2 Å². The molecule has 2 heterocycles. The third-order valence-electron chi connectivity index (χ3n) is 4.45. The van der Waals surface area contributed by atoms with Crippen LogP contribution in [0, 0.1) is 6.92 Å². The number of nitrogens with zero attached hydrogens (tertiary/aromatic N) is 4. The number of likely N-dealkylation sites (N-methyl/N-ethyl adjacent to an activating group) is 1. The minimum absolute atomic E-state index is 0.189. The van der Waals surface area contributed by atoms with E-state index in [1.165, 1.54) is 6.07 Å². The normalized spacial score (nSPS) is 11.7. The van der Waals surface area contributed by atoms with Crippen LogP contribution in [0.5, 0.6) is 0 Å². The molecular formula is C20H24F3N7. The summed E-state index contributed by atoms with van der Waals surface area (Å²) in [7, 11) is 5.64. The number of anilines is 3. The summed E-state index contributed by atoms with van der Waals surface area (Å²) in [4.78, 5) is 11.1. The Kier molecular flexibility index (Phi) is 6.25. The van der Waals surface area contributed by atoms with Crippen molar-refractivity contribution in [1.29, 1.82) is 0 Å². The maximum Gasteiger partial charge on any atom is 0.416 e. The molecule has 0 bridgehead atoms. The summed E-state index contributed by atoms with van der Waals surface area (Å²) in [6, 6.07) is 6.81. The lowest BCUT2D eigenvalue weighted by molar-refractivity contribution is -0.137. The molecule has 30 heavy (non-hydrogen) atoms. The van der Waals surface area contributed by atoms with Crippen LogP contribution >= 0.6 is 0 Å². The highest BCUT2D eigenvalue weighted by Gasteiger charge is 2.30. The fraction of sp³-hybridized carbons (Fsp3) is 0.350. The number of hydrogen-bond acceptors (Lipinski definition) is 6. The molecule has 7 nitrogen and oxygen atoms in total. The van der Waals surface area contributed by atoms with Crippen LogP contribution in [0.1, 0.15) is 16.8 Å². The van der Waals surface area contributed by atoms with E-state index >= 15 is 0 Å². The standard InChI is InChI=1S/C20H24F3N7/c1-12-10-16(29-28-12)25-19-15(8-9-30(3)4)18(24-2)26-17(27-19)13-6-5-7-14(11-13)20(21,22)23/h5-7,10-11H,8-9H2,1-4H3,(H3,24,25,26,27,28,29). The Hall–Kier alpha value is -3.14. The Morgan fingerprint density at radius 1 is 1.10 bits per heavy atom. The van der Waals surface area contributed by atoms with E-state index in [4.69, 9.17) is 0 Å². The number of aromatic nitrogens is 4. The molecule has 2 aromatic heterocycles. The first kappa shape index (κ1) is 21.6. The van der Waals surface area contributed by atoms with Crippen LogP contribution in [-0.2, 0) is 12.6 Å². The monoisotopic (exact) mass is 419 g/mol. The second-order valence-corrected chi connectivity index (χ2v) is 7.17. The fourth-order valence-corrected chi connectivity index (χ4v) is 2.93. The van der Waals surface area contributed by atoms with Crippen LogP contribution in [0.3, 0.4) is 0 Å². The maximum absolute atomic E-state index is 13.2. The van der Waals surface area contributed by atoms with E-state index in [1.54, 1.807) is 13.1 Å². The maximum atomic E-state index is 13.2. The first-order valence-electron chi connectivity index (χ1n) is 9.37. The summed E-state index contributed by atoms with van der Waals surface area (Å²) in [5, 5.41) is 13.2. The molecule has 0 aliphatic heterocycles. The number of hydrogen-bond donors (Lipinski definition) is 3. The lowest BCUT2D eigenvalue weighted by Crippen LogP contribution is -2.17. The summed E-state index contributed by atoms with van der Waals surface area (Å²) in [6.45, 7) is 2.62. The quantitative estimate of drug-likeness (QED) is 0.535. The first-order chi connectivity index (χ1) is 14.2. The first-order valence-corrected chi connectivity index (χ1v) is 9.37. The molecule has 0 radical (unpaired) electrons. The van der Waals surface area contributed by atoms with Crippen molar-refractivity contribution in [2.24, 2.45) is 0 Å². The third-order valence-corrected chi connectivity index (χ3v) is 4.45. The summed E-state index contributed by atoms with van der Waals surface area (Å²) >= 11 is 0. The Balaban J connectivity index is 2.09. The highest BCUT2D eigenvalue weighted by atomic mass is 19.4. The molecule has 0 saturated heterocycles. The van der Waals surface area contributed by atoms with Crippen LogP contribution in [-0.4, -0.2) is 52.8 Å². The van der Waals surface area contributed by atoms with Gasteiger partial charge in [0.25, 0.3) is 0 Å². The lowest BCUT2D eigenvalue weighted by atomic mass is 10.1. The second kappa shape index (κ2) is 8.70. The Morgan fingerprint density at radius 2 is 1.83 bits per heavy atom. The van der Waals surface area contributed by atoms with E-state index in [2.05, 4.69) is 30.8 Å². The van der Waals surface area contributed by atoms with Gasteiger partial charge in [0, 0.05) is 36.5 Å². The molecule has 0 fully saturated rings. The number of alkyl halides is 3. The molecule has 160 valence electrons. The van der Waals surface area contributed by atoms with E-state index in [0.717, 1.165) is 29.9 Å². The third kappa shape index (κ3) is 5.07. The number of aryl methyl sites for hydroxylation is 1. The molecule has 3 rings (SSSR count). The molecule has 0 amide bonds. The number of nitrogens with one attached hydrogen (secondary N) is 3.